The first kappa shape index (κ1) is 14.1. The number of hydrogen-bond acceptors (Lipinski definition) is 5. The maximum atomic E-state index is 13.9. The van der Waals surface area contributed by atoms with Crippen LogP contribution in [0.5, 0.6) is 0 Å². The first-order valence-electron chi connectivity index (χ1n) is 7.96. The topological polar surface area (TPSA) is 68.5 Å². The molecule has 4 rings (SSSR count). The minimum Gasteiger partial charge on any atom is -0.362 e. The molecular formula is C15H20FN3O3. The molecule has 120 valence electrons. The Bertz CT molecular complexity index is 591. The highest BCUT2D eigenvalue weighted by Crippen LogP contribution is 2.46. The Hall–Kier alpha value is -1.50. The van der Waals surface area contributed by atoms with Crippen LogP contribution in [0.4, 0.5) is 4.39 Å². The molecule has 3 heterocycles. The van der Waals surface area contributed by atoms with Gasteiger partial charge in [0.2, 0.25) is 0 Å². The van der Waals surface area contributed by atoms with Crippen molar-refractivity contribution in [2.75, 3.05) is 13.1 Å². The molecule has 1 aromatic heterocycles. The van der Waals surface area contributed by atoms with Gasteiger partial charge in [0.1, 0.15) is 6.10 Å². The molecule has 6 nitrogen and oxygen atoms in total. The zero-order chi connectivity index (χ0) is 15.4. The van der Waals surface area contributed by atoms with Gasteiger partial charge in [-0.15, -0.1) is 0 Å². The second kappa shape index (κ2) is 4.75. The van der Waals surface area contributed by atoms with E-state index < -0.39 is 5.67 Å². The third kappa shape index (κ3) is 2.31. The molecule has 3 fully saturated rings. The van der Waals surface area contributed by atoms with Gasteiger partial charge in [0.15, 0.2) is 11.5 Å². The number of nitrogens with zero attached hydrogens (tertiary/aromatic N) is 3. The van der Waals surface area contributed by atoms with E-state index >= 15 is 0 Å². The summed E-state index contributed by atoms with van der Waals surface area (Å²) >= 11 is 0. The molecule has 0 N–H and O–H groups in total. The first-order valence-corrected chi connectivity index (χ1v) is 7.96. The third-order valence-corrected chi connectivity index (χ3v) is 5.11. The van der Waals surface area contributed by atoms with Gasteiger partial charge >= 0.3 is 0 Å². The number of aromatic nitrogens is 2. The lowest BCUT2D eigenvalue weighted by Crippen LogP contribution is -2.49. The van der Waals surface area contributed by atoms with Crippen LogP contribution < -0.4 is 0 Å². The highest BCUT2D eigenvalue weighted by Gasteiger charge is 2.54. The summed E-state index contributed by atoms with van der Waals surface area (Å²) in [4.78, 5) is 17.9. The SMILES string of the molecule is Cc1noc(C2CCC3(CCN(C(=O)C4(F)CC4)CC3)O2)n1. The van der Waals surface area contributed by atoms with E-state index in [-0.39, 0.29) is 17.6 Å². The Morgan fingerprint density at radius 2 is 2.00 bits per heavy atom. The highest BCUT2D eigenvalue weighted by atomic mass is 19.1. The number of carbonyl (C=O) groups excluding carboxylic acids is 1. The quantitative estimate of drug-likeness (QED) is 0.837. The summed E-state index contributed by atoms with van der Waals surface area (Å²) in [5, 5.41) is 3.80. The van der Waals surface area contributed by atoms with Crippen LogP contribution in [0.15, 0.2) is 4.52 Å². The minimum absolute atomic E-state index is 0.153. The molecule has 1 aromatic rings. The molecule has 3 aliphatic rings. The van der Waals surface area contributed by atoms with Gasteiger partial charge in [0.05, 0.1) is 5.60 Å². The summed E-state index contributed by atoms with van der Waals surface area (Å²) in [5.41, 5.74) is -1.79. The number of likely N-dealkylation sites (tertiary alicyclic amines) is 1. The maximum Gasteiger partial charge on any atom is 0.260 e. The second-order valence-corrected chi connectivity index (χ2v) is 6.77. The number of carbonyl (C=O) groups is 1. The zero-order valence-electron chi connectivity index (χ0n) is 12.7. The van der Waals surface area contributed by atoms with Crippen molar-refractivity contribution in [3.8, 4) is 0 Å². The van der Waals surface area contributed by atoms with E-state index in [4.69, 9.17) is 9.26 Å². The van der Waals surface area contributed by atoms with E-state index in [1.54, 1.807) is 11.8 Å². The smallest absolute Gasteiger partial charge is 0.260 e. The average molecular weight is 309 g/mol. The minimum atomic E-state index is -1.56. The molecule has 1 aliphatic carbocycles. The highest BCUT2D eigenvalue weighted by molar-refractivity contribution is 5.88. The zero-order valence-corrected chi connectivity index (χ0v) is 12.7. The monoisotopic (exact) mass is 309 g/mol. The molecule has 1 unspecified atom stereocenters. The fourth-order valence-corrected chi connectivity index (χ4v) is 3.52. The fraction of sp³-hybridized carbons (Fsp3) is 0.800. The molecule has 0 radical (unpaired) electrons. The van der Waals surface area contributed by atoms with Gasteiger partial charge in [0, 0.05) is 13.1 Å². The van der Waals surface area contributed by atoms with Gasteiger partial charge in [-0.25, -0.2) is 4.39 Å². The third-order valence-electron chi connectivity index (χ3n) is 5.11. The van der Waals surface area contributed by atoms with E-state index in [2.05, 4.69) is 10.1 Å². The fourth-order valence-electron chi connectivity index (χ4n) is 3.52. The Kier molecular flexibility index (Phi) is 3.04. The van der Waals surface area contributed by atoms with E-state index in [1.165, 1.54) is 0 Å². The summed E-state index contributed by atoms with van der Waals surface area (Å²) in [6, 6.07) is 0. The van der Waals surface area contributed by atoms with Crippen molar-refractivity contribution in [1.29, 1.82) is 0 Å². The largest absolute Gasteiger partial charge is 0.362 e. The van der Waals surface area contributed by atoms with Crippen LogP contribution in [-0.2, 0) is 9.53 Å². The normalized spacial score (nSPS) is 29.0. The molecule has 1 spiro atoms. The molecule has 2 aliphatic heterocycles. The van der Waals surface area contributed by atoms with E-state index in [9.17, 15) is 9.18 Å². The molecule has 1 amide bonds. The lowest BCUT2D eigenvalue weighted by molar-refractivity contribution is -0.145. The predicted octanol–water partition coefficient (Wildman–Crippen LogP) is 2.09. The first-order chi connectivity index (χ1) is 10.5. The molecule has 1 saturated carbocycles. The Morgan fingerprint density at radius 1 is 1.27 bits per heavy atom. The van der Waals surface area contributed by atoms with E-state index in [1.807, 2.05) is 0 Å². The van der Waals surface area contributed by atoms with Crippen LogP contribution in [0.25, 0.3) is 0 Å². The number of rotatable bonds is 2. The van der Waals surface area contributed by atoms with E-state index in [0.29, 0.717) is 37.6 Å². The Balaban J connectivity index is 1.38. The number of ether oxygens (including phenoxy) is 1. The molecule has 0 aromatic carbocycles. The van der Waals surface area contributed by atoms with Gasteiger partial charge in [-0.2, -0.15) is 4.98 Å². The number of alkyl halides is 1. The summed E-state index contributed by atoms with van der Waals surface area (Å²) in [5.74, 6) is 0.815. The van der Waals surface area contributed by atoms with Crippen LogP contribution in [0.1, 0.15) is 56.3 Å². The molecule has 1 atom stereocenters. The summed E-state index contributed by atoms with van der Waals surface area (Å²) < 4.78 is 25.3. The summed E-state index contributed by atoms with van der Waals surface area (Å²) in [6.45, 7) is 2.92. The van der Waals surface area contributed by atoms with Crippen molar-refractivity contribution >= 4 is 5.91 Å². The molecule has 7 heteroatoms. The Labute approximate surface area is 128 Å². The predicted molar refractivity (Wildman–Crippen MR) is 73.7 cm³/mol. The van der Waals surface area contributed by atoms with Gasteiger partial charge in [-0.1, -0.05) is 5.16 Å². The van der Waals surface area contributed by atoms with Crippen LogP contribution >= 0.6 is 0 Å². The molecule has 22 heavy (non-hydrogen) atoms. The molecular weight excluding hydrogens is 289 g/mol. The van der Waals surface area contributed by atoms with Crippen LogP contribution in [0.2, 0.25) is 0 Å². The van der Waals surface area contributed by atoms with Gasteiger partial charge in [0.25, 0.3) is 11.8 Å². The number of amides is 1. The lowest BCUT2D eigenvalue weighted by Gasteiger charge is -2.39. The van der Waals surface area contributed by atoms with Crippen LogP contribution in [-0.4, -0.2) is 45.3 Å². The number of piperidine rings is 1. The van der Waals surface area contributed by atoms with Crippen molar-refractivity contribution in [2.45, 2.75) is 62.8 Å². The number of hydrogen-bond donors (Lipinski definition) is 0. The summed E-state index contributed by atoms with van der Waals surface area (Å²) in [7, 11) is 0. The van der Waals surface area contributed by atoms with Crippen LogP contribution in [0.3, 0.4) is 0 Å². The standard InChI is InChI=1S/C15H20FN3O3/c1-10-17-12(22-18-10)11-2-3-14(21-11)6-8-19(9-7-14)13(20)15(16)4-5-15/h11H,2-9H2,1H3. The van der Waals surface area contributed by atoms with Crippen molar-refractivity contribution in [3.05, 3.63) is 11.7 Å². The number of halogens is 1. The second-order valence-electron chi connectivity index (χ2n) is 6.77. The molecule has 2 saturated heterocycles. The van der Waals surface area contributed by atoms with Crippen LogP contribution in [0, 0.1) is 6.92 Å². The van der Waals surface area contributed by atoms with Crippen molar-refractivity contribution < 1.29 is 18.4 Å². The van der Waals surface area contributed by atoms with Crippen molar-refractivity contribution in [2.24, 2.45) is 0 Å². The van der Waals surface area contributed by atoms with Gasteiger partial charge in [-0.05, 0) is 45.4 Å². The maximum absolute atomic E-state index is 13.9. The average Bonchev–Trinajstić information content (AvgIpc) is 2.94. The van der Waals surface area contributed by atoms with Gasteiger partial charge in [-0.3, -0.25) is 4.79 Å². The van der Waals surface area contributed by atoms with E-state index in [0.717, 1.165) is 25.7 Å². The molecule has 0 bridgehead atoms. The summed E-state index contributed by atoms with van der Waals surface area (Å²) in [6.07, 6.45) is 3.87. The van der Waals surface area contributed by atoms with Crippen molar-refractivity contribution in [3.63, 3.8) is 0 Å². The Morgan fingerprint density at radius 3 is 2.59 bits per heavy atom. The lowest BCUT2D eigenvalue weighted by atomic mass is 9.88. The number of aryl methyl sites for hydroxylation is 1. The van der Waals surface area contributed by atoms with Crippen molar-refractivity contribution in [1.82, 2.24) is 15.0 Å². The van der Waals surface area contributed by atoms with Gasteiger partial charge < -0.3 is 14.2 Å².